The minimum Gasteiger partial charge on any atom is -0.493 e. The number of hydrogen-bond acceptors (Lipinski definition) is 3. The molecule has 0 unspecified atom stereocenters. The number of aromatic hydroxyl groups is 1. The topological polar surface area (TPSA) is 61.9 Å². The molecule has 0 aliphatic rings. The van der Waals surface area contributed by atoms with Crippen molar-refractivity contribution >= 4 is 51.2 Å². The number of thiocarbonyl (C=S) groups is 1. The van der Waals surface area contributed by atoms with Crippen LogP contribution in [0.2, 0.25) is 5.02 Å². The molecule has 0 aliphatic heterocycles. The Morgan fingerprint density at radius 2 is 1.74 bits per heavy atom. The van der Waals surface area contributed by atoms with Crippen molar-refractivity contribution in [1.82, 2.24) is 4.57 Å². The summed E-state index contributed by atoms with van der Waals surface area (Å²) >= 11 is 11.4. The predicted octanol–water partition coefficient (Wildman–Crippen LogP) is 7.09. The van der Waals surface area contributed by atoms with E-state index in [1.54, 1.807) is 4.57 Å². The van der Waals surface area contributed by atoms with Gasteiger partial charge in [0.1, 0.15) is 0 Å². The highest BCUT2D eigenvalue weighted by molar-refractivity contribution is 7.80. The molecule has 0 atom stereocenters. The Morgan fingerprint density at radius 1 is 1.03 bits per heavy atom. The van der Waals surface area contributed by atoms with Crippen molar-refractivity contribution < 1.29 is 5.11 Å². The third-order valence-corrected chi connectivity index (χ3v) is 5.49. The highest BCUT2D eigenvalue weighted by atomic mass is 35.5. The Bertz CT molecular complexity index is 1260. The van der Waals surface area contributed by atoms with E-state index in [9.17, 15) is 5.11 Å². The minimum absolute atomic E-state index is 0.0386. The summed E-state index contributed by atoms with van der Waals surface area (Å²) in [5.74, 6) is 0.0386. The lowest BCUT2D eigenvalue weighted by Crippen LogP contribution is -2.07. The number of hydrogen-bond donors (Lipinski definition) is 2. The second kappa shape index (κ2) is 9.29. The van der Waals surface area contributed by atoms with Crippen LogP contribution in [0.15, 0.2) is 83.0 Å². The molecule has 2 N–H and O–H groups in total. The maximum absolute atomic E-state index is 10.9. The molecule has 4 aromatic rings. The van der Waals surface area contributed by atoms with Gasteiger partial charge >= 0.3 is 0 Å². The van der Waals surface area contributed by atoms with Gasteiger partial charge in [-0.3, -0.25) is 0 Å². The lowest BCUT2D eigenvalue weighted by Gasteiger charge is -2.08. The fourth-order valence-corrected chi connectivity index (χ4v) is 3.77. The molecule has 4 rings (SSSR count). The summed E-state index contributed by atoms with van der Waals surface area (Å²) in [6.45, 7) is 2.56. The van der Waals surface area contributed by atoms with Crippen LogP contribution in [0.4, 0.5) is 11.4 Å². The molecule has 3 aromatic carbocycles. The van der Waals surface area contributed by atoms with Crippen LogP contribution in [-0.2, 0) is 13.0 Å². The number of aromatic nitrogens is 1. The van der Waals surface area contributed by atoms with Gasteiger partial charge in [-0.2, -0.15) is 0 Å². The third-order valence-electron chi connectivity index (χ3n) is 5.05. The molecular weight excluding hydrogens is 428 g/mol. The third kappa shape index (κ3) is 4.60. The van der Waals surface area contributed by atoms with E-state index in [-0.39, 0.29) is 11.0 Å². The number of rotatable bonds is 5. The highest BCUT2D eigenvalue weighted by Gasteiger charge is 2.17. The predicted molar refractivity (Wildman–Crippen MR) is 131 cm³/mol. The van der Waals surface area contributed by atoms with Crippen molar-refractivity contribution in [1.29, 1.82) is 0 Å². The number of anilines is 1. The summed E-state index contributed by atoms with van der Waals surface area (Å²) in [5.41, 5.74) is 4.31. The smallest absolute Gasteiger partial charge is 0.221 e. The van der Waals surface area contributed by atoms with E-state index in [0.29, 0.717) is 17.3 Å². The normalized spacial score (nSPS) is 11.3. The van der Waals surface area contributed by atoms with Gasteiger partial charge in [0.25, 0.3) is 0 Å². The zero-order valence-corrected chi connectivity index (χ0v) is 18.5. The van der Waals surface area contributed by atoms with E-state index in [1.165, 1.54) is 0 Å². The Morgan fingerprint density at radius 3 is 2.52 bits per heavy atom. The van der Waals surface area contributed by atoms with Gasteiger partial charge in [-0.15, -0.1) is 10.2 Å². The summed E-state index contributed by atoms with van der Waals surface area (Å²) in [5, 5.41) is 24.2. The molecule has 0 spiro atoms. The van der Waals surface area contributed by atoms with Gasteiger partial charge in [0.15, 0.2) is 5.69 Å². The largest absolute Gasteiger partial charge is 0.493 e. The van der Waals surface area contributed by atoms with Gasteiger partial charge in [-0.1, -0.05) is 67.1 Å². The number of para-hydroxylation sites is 2. The maximum Gasteiger partial charge on any atom is 0.221 e. The van der Waals surface area contributed by atoms with Crippen LogP contribution in [0.5, 0.6) is 5.88 Å². The molecule has 0 radical (unpaired) electrons. The Balaban J connectivity index is 1.64. The molecule has 0 saturated carbocycles. The monoisotopic (exact) mass is 448 g/mol. The summed E-state index contributed by atoms with van der Waals surface area (Å²) in [6.07, 6.45) is 0.877. The first kappa shape index (κ1) is 21.0. The van der Waals surface area contributed by atoms with Crippen molar-refractivity contribution in [2.45, 2.75) is 19.9 Å². The van der Waals surface area contributed by atoms with Crippen LogP contribution >= 0.6 is 23.8 Å². The number of halogens is 1. The van der Waals surface area contributed by atoms with Crippen molar-refractivity contribution in [2.75, 3.05) is 5.32 Å². The molecule has 31 heavy (non-hydrogen) atoms. The Labute approximate surface area is 191 Å². The van der Waals surface area contributed by atoms with Crippen LogP contribution < -0.4 is 5.32 Å². The van der Waals surface area contributed by atoms with E-state index in [1.807, 2.05) is 72.8 Å². The molecular formula is C24H21ClN4OS. The molecule has 7 heteroatoms. The van der Waals surface area contributed by atoms with E-state index in [2.05, 4.69) is 22.5 Å². The number of nitrogens with zero attached hydrogens (tertiary/aromatic N) is 3. The van der Waals surface area contributed by atoms with E-state index < -0.39 is 0 Å². The van der Waals surface area contributed by atoms with Crippen LogP contribution in [0.1, 0.15) is 18.1 Å². The number of benzene rings is 3. The zero-order valence-electron chi connectivity index (χ0n) is 16.9. The van der Waals surface area contributed by atoms with E-state index in [4.69, 9.17) is 23.8 Å². The SMILES string of the molecule is CCc1ccccc1NC(=S)N=Nc1c(O)n(Cc2ccc(Cl)cc2)c2ccccc12. The number of azo groups is 1. The number of nitrogens with one attached hydrogen (secondary N) is 1. The summed E-state index contributed by atoms with van der Waals surface area (Å²) in [4.78, 5) is 0. The number of fused-ring (bicyclic) bond motifs is 1. The van der Waals surface area contributed by atoms with Gasteiger partial charge in [0.2, 0.25) is 11.0 Å². The fraction of sp³-hybridized carbons (Fsp3) is 0.125. The molecule has 0 fully saturated rings. The van der Waals surface area contributed by atoms with Crippen molar-refractivity contribution in [3.8, 4) is 5.88 Å². The first-order valence-electron chi connectivity index (χ1n) is 9.92. The lowest BCUT2D eigenvalue weighted by atomic mass is 10.1. The van der Waals surface area contributed by atoms with Gasteiger partial charge in [-0.05, 0) is 54.0 Å². The van der Waals surface area contributed by atoms with Crippen molar-refractivity contribution in [3.05, 3.63) is 88.9 Å². The van der Waals surface area contributed by atoms with Crippen LogP contribution in [0, 0.1) is 0 Å². The van der Waals surface area contributed by atoms with Gasteiger partial charge < -0.3 is 15.0 Å². The number of aryl methyl sites for hydroxylation is 1. The van der Waals surface area contributed by atoms with Crippen LogP contribution in [0.3, 0.4) is 0 Å². The zero-order chi connectivity index (χ0) is 21.8. The molecule has 156 valence electrons. The minimum atomic E-state index is 0.0386. The second-order valence-corrected chi connectivity index (χ2v) is 7.87. The molecule has 0 amide bonds. The standard InChI is InChI=1S/C24H21ClN4OS/c1-2-17-7-3-5-9-20(17)26-24(31)28-27-22-19-8-4-6-10-21(19)29(23(22)30)15-16-11-13-18(25)14-12-16/h3-14,30H,2,15H2,1H3,(H,26,31). The van der Waals surface area contributed by atoms with E-state index >= 15 is 0 Å². The second-order valence-electron chi connectivity index (χ2n) is 7.04. The summed E-state index contributed by atoms with van der Waals surface area (Å²) < 4.78 is 1.80. The molecule has 0 bridgehead atoms. The molecule has 5 nitrogen and oxygen atoms in total. The van der Waals surface area contributed by atoms with E-state index in [0.717, 1.165) is 34.1 Å². The van der Waals surface area contributed by atoms with Gasteiger partial charge in [0.05, 0.1) is 12.1 Å². The average Bonchev–Trinajstić information content (AvgIpc) is 3.05. The molecule has 0 saturated heterocycles. The van der Waals surface area contributed by atoms with Crippen molar-refractivity contribution in [3.63, 3.8) is 0 Å². The van der Waals surface area contributed by atoms with Gasteiger partial charge in [0, 0.05) is 16.1 Å². The first-order chi connectivity index (χ1) is 15.1. The lowest BCUT2D eigenvalue weighted by molar-refractivity contribution is 0.429. The highest BCUT2D eigenvalue weighted by Crippen LogP contribution is 2.39. The van der Waals surface area contributed by atoms with Crippen LogP contribution in [0.25, 0.3) is 10.9 Å². The molecule has 1 aromatic heterocycles. The Kier molecular flexibility index (Phi) is 6.30. The first-order valence-corrected chi connectivity index (χ1v) is 10.7. The average molecular weight is 449 g/mol. The summed E-state index contributed by atoms with van der Waals surface area (Å²) in [7, 11) is 0. The maximum atomic E-state index is 10.9. The quantitative estimate of drug-likeness (QED) is 0.253. The Hall–Kier alpha value is -3.22. The summed E-state index contributed by atoms with van der Waals surface area (Å²) in [6, 6.07) is 23.1. The van der Waals surface area contributed by atoms with Gasteiger partial charge in [-0.25, -0.2) is 0 Å². The molecule has 1 heterocycles. The van der Waals surface area contributed by atoms with Crippen molar-refractivity contribution in [2.24, 2.45) is 10.2 Å². The molecule has 0 aliphatic carbocycles. The fourth-order valence-electron chi connectivity index (χ4n) is 3.49. The van der Waals surface area contributed by atoms with Crippen LogP contribution in [-0.4, -0.2) is 14.8 Å².